The average molecular weight is 272 g/mol. The molecule has 2 N–H and O–H groups in total. The van der Waals surface area contributed by atoms with Gasteiger partial charge >= 0.3 is 0 Å². The van der Waals surface area contributed by atoms with Crippen molar-refractivity contribution in [2.75, 3.05) is 10.6 Å². The predicted molar refractivity (Wildman–Crippen MR) is 79.2 cm³/mol. The van der Waals surface area contributed by atoms with Gasteiger partial charge in [0.05, 0.1) is 37.7 Å². The van der Waals surface area contributed by atoms with Crippen LogP contribution in [0.25, 0.3) is 0 Å². The zero-order valence-electron chi connectivity index (χ0n) is 11.0. The number of hydrogen-bond acceptors (Lipinski definition) is 3. The normalized spacial score (nSPS) is 17.2. The molecule has 2 aromatic rings. The first-order valence-electron chi connectivity index (χ1n) is 6.30. The van der Waals surface area contributed by atoms with Gasteiger partial charge in [-0.1, -0.05) is 18.2 Å². The van der Waals surface area contributed by atoms with E-state index in [0.29, 0.717) is 5.69 Å². The quantitative estimate of drug-likeness (QED) is 0.810. The summed E-state index contributed by atoms with van der Waals surface area (Å²) in [6.45, 7) is 4.22. The Labute approximate surface area is 115 Å². The highest BCUT2D eigenvalue weighted by molar-refractivity contribution is 7.85. The fraction of sp³-hybridized carbons (Fsp3) is 0.200. The lowest BCUT2D eigenvalue weighted by Gasteiger charge is -2.36. The second-order valence-corrected chi connectivity index (χ2v) is 6.31. The van der Waals surface area contributed by atoms with Crippen LogP contribution in [0.3, 0.4) is 0 Å². The monoisotopic (exact) mass is 272 g/mol. The van der Waals surface area contributed by atoms with E-state index < -0.39 is 10.8 Å². The van der Waals surface area contributed by atoms with Crippen molar-refractivity contribution in [1.29, 1.82) is 0 Å². The molecular formula is C15H16N2OS. The molecule has 0 saturated heterocycles. The minimum absolute atomic E-state index is 0.252. The summed E-state index contributed by atoms with van der Waals surface area (Å²) in [5.74, 6) is 0. The molecule has 4 heteroatoms. The molecule has 0 bridgehead atoms. The second kappa shape index (κ2) is 4.38. The number of benzene rings is 2. The number of anilines is 3. The minimum atomic E-state index is -1.16. The molecule has 0 saturated carbocycles. The molecule has 0 spiro atoms. The zero-order valence-corrected chi connectivity index (χ0v) is 11.8. The molecule has 1 atom stereocenters. The molecule has 0 aliphatic carbocycles. The highest BCUT2D eigenvalue weighted by Crippen LogP contribution is 2.45. The van der Waals surface area contributed by atoms with Gasteiger partial charge in [-0.3, -0.25) is 0 Å². The van der Waals surface area contributed by atoms with E-state index in [0.717, 1.165) is 21.2 Å². The van der Waals surface area contributed by atoms with Gasteiger partial charge in [0.25, 0.3) is 0 Å². The van der Waals surface area contributed by atoms with Crippen molar-refractivity contribution in [1.82, 2.24) is 0 Å². The number of nitrogen functional groups attached to an aromatic ring is 1. The zero-order chi connectivity index (χ0) is 13.6. The topological polar surface area (TPSA) is 46.3 Å². The molecule has 0 aromatic heterocycles. The van der Waals surface area contributed by atoms with Gasteiger partial charge in [-0.15, -0.1) is 0 Å². The molecule has 0 fully saturated rings. The van der Waals surface area contributed by atoms with Gasteiger partial charge in [-0.25, -0.2) is 4.21 Å². The van der Waals surface area contributed by atoms with Crippen LogP contribution in [0.15, 0.2) is 52.3 Å². The number of para-hydroxylation sites is 2. The Morgan fingerprint density at radius 1 is 1.05 bits per heavy atom. The van der Waals surface area contributed by atoms with E-state index in [9.17, 15) is 4.21 Å². The van der Waals surface area contributed by atoms with E-state index in [-0.39, 0.29) is 6.04 Å². The van der Waals surface area contributed by atoms with Gasteiger partial charge in [0.1, 0.15) is 0 Å². The van der Waals surface area contributed by atoms with Crippen LogP contribution < -0.4 is 10.6 Å². The van der Waals surface area contributed by atoms with Crippen LogP contribution in [0, 0.1) is 0 Å². The number of hydrogen-bond donors (Lipinski definition) is 1. The molecule has 0 radical (unpaired) electrons. The summed E-state index contributed by atoms with van der Waals surface area (Å²) in [5, 5.41) is 0. The molecular weight excluding hydrogens is 256 g/mol. The summed E-state index contributed by atoms with van der Waals surface area (Å²) in [6.07, 6.45) is 0. The van der Waals surface area contributed by atoms with E-state index in [2.05, 4.69) is 18.7 Å². The molecule has 3 nitrogen and oxygen atoms in total. The lowest BCUT2D eigenvalue weighted by molar-refractivity contribution is 0.678. The fourth-order valence-electron chi connectivity index (χ4n) is 2.53. The third-order valence-electron chi connectivity index (χ3n) is 3.31. The minimum Gasteiger partial charge on any atom is -0.397 e. The van der Waals surface area contributed by atoms with Gasteiger partial charge in [0.2, 0.25) is 0 Å². The Balaban J connectivity index is 2.34. The molecule has 98 valence electrons. The SMILES string of the molecule is CC(C)N1c2ccccc2S(=O)c2cccc(N)c21. The third-order valence-corrected chi connectivity index (χ3v) is 4.79. The summed E-state index contributed by atoms with van der Waals surface area (Å²) in [5.41, 5.74) is 8.66. The molecule has 3 rings (SSSR count). The molecule has 19 heavy (non-hydrogen) atoms. The smallest absolute Gasteiger partial charge is 0.0892 e. The maximum Gasteiger partial charge on any atom is 0.0892 e. The van der Waals surface area contributed by atoms with Crippen LogP contribution in [-0.4, -0.2) is 10.3 Å². The Morgan fingerprint density at radius 3 is 2.47 bits per heavy atom. The summed E-state index contributed by atoms with van der Waals surface area (Å²) >= 11 is 0. The lowest BCUT2D eigenvalue weighted by atomic mass is 10.1. The highest BCUT2D eigenvalue weighted by Gasteiger charge is 2.30. The summed E-state index contributed by atoms with van der Waals surface area (Å²) in [7, 11) is -1.16. The molecule has 1 heterocycles. The van der Waals surface area contributed by atoms with Crippen molar-refractivity contribution in [3.05, 3.63) is 42.5 Å². The lowest BCUT2D eigenvalue weighted by Crippen LogP contribution is -2.31. The van der Waals surface area contributed by atoms with Gasteiger partial charge in [0.15, 0.2) is 0 Å². The van der Waals surface area contributed by atoms with Gasteiger partial charge < -0.3 is 10.6 Å². The molecule has 1 aliphatic heterocycles. The Morgan fingerprint density at radius 2 is 1.74 bits per heavy atom. The Kier molecular flexibility index (Phi) is 2.82. The largest absolute Gasteiger partial charge is 0.397 e. The van der Waals surface area contributed by atoms with Crippen molar-refractivity contribution in [3.63, 3.8) is 0 Å². The summed E-state index contributed by atoms with van der Waals surface area (Å²) < 4.78 is 12.7. The number of nitrogens with two attached hydrogens (primary N) is 1. The fourth-order valence-corrected chi connectivity index (χ4v) is 3.92. The maximum absolute atomic E-state index is 12.7. The average Bonchev–Trinajstić information content (AvgIpc) is 2.40. The first kappa shape index (κ1) is 12.2. The van der Waals surface area contributed by atoms with Gasteiger partial charge in [0, 0.05) is 6.04 Å². The molecule has 1 aliphatic rings. The number of nitrogens with zero attached hydrogens (tertiary/aromatic N) is 1. The van der Waals surface area contributed by atoms with E-state index in [1.54, 1.807) is 0 Å². The van der Waals surface area contributed by atoms with Crippen LogP contribution in [-0.2, 0) is 10.8 Å². The molecule has 2 aromatic carbocycles. The molecule has 1 unspecified atom stereocenters. The Bertz CT molecular complexity index is 667. The predicted octanol–water partition coefficient (Wildman–Crippen LogP) is 3.30. The van der Waals surface area contributed by atoms with E-state index in [4.69, 9.17) is 5.73 Å². The van der Waals surface area contributed by atoms with Gasteiger partial charge in [-0.05, 0) is 38.1 Å². The van der Waals surface area contributed by atoms with E-state index in [1.807, 2.05) is 42.5 Å². The standard InChI is InChI=1S/C15H16N2OS/c1-10(2)17-12-7-3-4-8-13(12)19(18)14-9-5-6-11(16)15(14)17/h3-10H,16H2,1-2H3. The van der Waals surface area contributed by atoms with Crippen molar-refractivity contribution < 1.29 is 4.21 Å². The summed E-state index contributed by atoms with van der Waals surface area (Å²) in [6, 6.07) is 13.7. The first-order valence-corrected chi connectivity index (χ1v) is 7.44. The second-order valence-electron chi connectivity index (χ2n) is 4.89. The summed E-state index contributed by atoms with van der Waals surface area (Å²) in [4.78, 5) is 3.82. The maximum atomic E-state index is 12.7. The number of fused-ring (bicyclic) bond motifs is 2. The first-order chi connectivity index (χ1) is 9.11. The van der Waals surface area contributed by atoms with Crippen LogP contribution in [0.4, 0.5) is 17.1 Å². The van der Waals surface area contributed by atoms with Gasteiger partial charge in [-0.2, -0.15) is 0 Å². The van der Waals surface area contributed by atoms with E-state index in [1.165, 1.54) is 0 Å². The van der Waals surface area contributed by atoms with Crippen LogP contribution in [0.5, 0.6) is 0 Å². The molecule has 0 amide bonds. The van der Waals surface area contributed by atoms with Crippen molar-refractivity contribution >= 4 is 27.9 Å². The third kappa shape index (κ3) is 1.75. The number of rotatable bonds is 1. The highest BCUT2D eigenvalue weighted by atomic mass is 32.2. The van der Waals surface area contributed by atoms with Crippen molar-refractivity contribution in [2.24, 2.45) is 0 Å². The van der Waals surface area contributed by atoms with Crippen LogP contribution >= 0.6 is 0 Å². The van der Waals surface area contributed by atoms with Crippen molar-refractivity contribution in [3.8, 4) is 0 Å². The van der Waals surface area contributed by atoms with Crippen molar-refractivity contribution in [2.45, 2.75) is 29.7 Å². The van der Waals surface area contributed by atoms with Crippen LogP contribution in [0.2, 0.25) is 0 Å². The van der Waals surface area contributed by atoms with E-state index >= 15 is 0 Å². The van der Waals surface area contributed by atoms with Crippen LogP contribution in [0.1, 0.15) is 13.8 Å². The Hall–Kier alpha value is -1.81.